The van der Waals surface area contributed by atoms with Crippen molar-refractivity contribution in [2.45, 2.75) is 97.9 Å². The van der Waals surface area contributed by atoms with Crippen LogP contribution in [-0.4, -0.2) is 44.7 Å². The number of hydrogen-bond acceptors (Lipinski definition) is 6. The van der Waals surface area contributed by atoms with Gasteiger partial charge in [-0.25, -0.2) is 4.79 Å². The molecular weight excluding hydrogens is 400 g/mol. The fourth-order valence-electron chi connectivity index (χ4n) is 3.93. The first-order valence-corrected chi connectivity index (χ1v) is 14.0. The summed E-state index contributed by atoms with van der Waals surface area (Å²) in [4.78, 5) is 25.2. The standard InChI is InChI=1S/C23H40O6Si/c1-11-26-21(25)18-12-17(24)16(5)23(27-18)13-19(15(4)20(28-23)14(2)3)29-30(9,10)22(6,7)8/h12,14-16,19-20H,11,13H2,1-10H3/t15-,16-,19+,20+,23+/m0/s1. The van der Waals surface area contributed by atoms with Crippen LogP contribution in [0.15, 0.2) is 11.8 Å². The predicted molar refractivity (Wildman–Crippen MR) is 118 cm³/mol. The molecule has 0 amide bonds. The third kappa shape index (κ3) is 4.83. The second kappa shape index (κ2) is 8.75. The van der Waals surface area contributed by atoms with Gasteiger partial charge in [0.05, 0.1) is 24.7 Å². The maximum atomic E-state index is 12.8. The van der Waals surface area contributed by atoms with E-state index in [0.717, 1.165) is 0 Å². The molecule has 172 valence electrons. The van der Waals surface area contributed by atoms with Crippen LogP contribution in [0.1, 0.15) is 61.8 Å². The fourth-order valence-corrected chi connectivity index (χ4v) is 5.34. The first-order chi connectivity index (χ1) is 13.6. The van der Waals surface area contributed by atoms with Crippen molar-refractivity contribution >= 4 is 20.1 Å². The lowest BCUT2D eigenvalue weighted by atomic mass is 9.78. The summed E-state index contributed by atoms with van der Waals surface area (Å²) in [7, 11) is -2.07. The Morgan fingerprint density at radius 3 is 2.40 bits per heavy atom. The summed E-state index contributed by atoms with van der Waals surface area (Å²) >= 11 is 0. The number of esters is 1. The molecule has 1 spiro atoms. The largest absolute Gasteiger partial charge is 0.460 e. The van der Waals surface area contributed by atoms with Gasteiger partial charge in [0.2, 0.25) is 11.5 Å². The van der Waals surface area contributed by atoms with E-state index >= 15 is 0 Å². The first-order valence-electron chi connectivity index (χ1n) is 11.1. The molecule has 30 heavy (non-hydrogen) atoms. The molecule has 1 saturated heterocycles. The Balaban J connectivity index is 2.44. The number of rotatable bonds is 5. The molecule has 2 aliphatic heterocycles. The molecule has 7 heteroatoms. The van der Waals surface area contributed by atoms with Gasteiger partial charge in [-0.05, 0) is 37.9 Å². The quantitative estimate of drug-likeness (QED) is 0.450. The van der Waals surface area contributed by atoms with Crippen molar-refractivity contribution in [1.29, 1.82) is 0 Å². The minimum atomic E-state index is -2.07. The molecule has 0 aromatic carbocycles. The van der Waals surface area contributed by atoms with E-state index in [1.165, 1.54) is 6.08 Å². The molecule has 2 rings (SSSR count). The number of hydrogen-bond donors (Lipinski definition) is 0. The monoisotopic (exact) mass is 440 g/mol. The van der Waals surface area contributed by atoms with Gasteiger partial charge < -0.3 is 18.6 Å². The van der Waals surface area contributed by atoms with Crippen molar-refractivity contribution in [3.8, 4) is 0 Å². The fraction of sp³-hybridized carbons (Fsp3) is 0.826. The highest BCUT2D eigenvalue weighted by atomic mass is 28.4. The average Bonchev–Trinajstić information content (AvgIpc) is 2.61. The summed E-state index contributed by atoms with van der Waals surface area (Å²) in [6.07, 6.45) is 1.34. The van der Waals surface area contributed by atoms with Crippen LogP contribution in [0.3, 0.4) is 0 Å². The van der Waals surface area contributed by atoms with Crippen molar-refractivity contribution in [3.05, 3.63) is 11.8 Å². The molecule has 0 bridgehead atoms. The maximum Gasteiger partial charge on any atom is 0.373 e. The van der Waals surface area contributed by atoms with Crippen LogP contribution in [0.25, 0.3) is 0 Å². The highest BCUT2D eigenvalue weighted by Crippen LogP contribution is 2.48. The van der Waals surface area contributed by atoms with Crippen molar-refractivity contribution in [2.24, 2.45) is 17.8 Å². The molecule has 2 heterocycles. The minimum Gasteiger partial charge on any atom is -0.460 e. The third-order valence-electron chi connectivity index (χ3n) is 6.95. The lowest BCUT2D eigenvalue weighted by Crippen LogP contribution is -2.61. The molecule has 0 saturated carbocycles. The van der Waals surface area contributed by atoms with Gasteiger partial charge in [-0.3, -0.25) is 4.79 Å². The van der Waals surface area contributed by atoms with Crippen LogP contribution >= 0.6 is 0 Å². The first kappa shape index (κ1) is 25.1. The van der Waals surface area contributed by atoms with E-state index in [2.05, 4.69) is 54.6 Å². The summed E-state index contributed by atoms with van der Waals surface area (Å²) in [6.45, 7) is 21.2. The Hall–Kier alpha value is -1.18. The van der Waals surface area contributed by atoms with E-state index in [9.17, 15) is 9.59 Å². The molecule has 6 nitrogen and oxygen atoms in total. The van der Waals surface area contributed by atoms with Crippen LogP contribution in [0, 0.1) is 17.8 Å². The summed E-state index contributed by atoms with van der Waals surface area (Å²) in [5.41, 5.74) is 0. The van der Waals surface area contributed by atoms with E-state index in [-0.39, 0.29) is 47.2 Å². The maximum absolute atomic E-state index is 12.8. The van der Waals surface area contributed by atoms with Gasteiger partial charge in [-0.2, -0.15) is 0 Å². The summed E-state index contributed by atoms with van der Waals surface area (Å²) < 4.78 is 24.6. The van der Waals surface area contributed by atoms with Gasteiger partial charge in [-0.1, -0.05) is 41.5 Å². The van der Waals surface area contributed by atoms with Gasteiger partial charge in [0.25, 0.3) is 0 Å². The van der Waals surface area contributed by atoms with Crippen molar-refractivity contribution < 1.29 is 28.2 Å². The molecule has 0 aromatic heterocycles. The zero-order valence-corrected chi connectivity index (χ0v) is 21.3. The highest BCUT2D eigenvalue weighted by Gasteiger charge is 2.57. The molecule has 0 radical (unpaired) electrons. The normalized spacial score (nSPS) is 32.8. The van der Waals surface area contributed by atoms with Crippen LogP contribution in [0.4, 0.5) is 0 Å². The molecule has 0 unspecified atom stereocenters. The van der Waals surface area contributed by atoms with Gasteiger partial charge >= 0.3 is 5.97 Å². The number of allylic oxidation sites excluding steroid dienone is 1. The van der Waals surface area contributed by atoms with Crippen LogP contribution in [0.5, 0.6) is 0 Å². The molecule has 1 fully saturated rings. The number of carbonyl (C=O) groups excluding carboxylic acids is 2. The smallest absolute Gasteiger partial charge is 0.373 e. The SMILES string of the molecule is CCOC(=O)C1=CC(=O)[C@H](C)[C@]2(C[C@@H](O[Si](C)(C)C(C)(C)C)[C@H](C)[C@@H](C(C)C)O2)O1. The molecule has 0 N–H and O–H groups in total. The second-order valence-electron chi connectivity index (χ2n) is 10.6. The number of ketones is 1. The third-order valence-corrected chi connectivity index (χ3v) is 11.5. The van der Waals surface area contributed by atoms with Crippen molar-refractivity contribution in [1.82, 2.24) is 0 Å². The Morgan fingerprint density at radius 2 is 1.90 bits per heavy atom. The minimum absolute atomic E-state index is 0.0520. The average molecular weight is 441 g/mol. The van der Waals surface area contributed by atoms with Crippen LogP contribution in [0.2, 0.25) is 18.1 Å². The second-order valence-corrected chi connectivity index (χ2v) is 15.3. The number of carbonyl (C=O) groups is 2. The van der Waals surface area contributed by atoms with Crippen molar-refractivity contribution in [2.75, 3.05) is 6.61 Å². The summed E-state index contributed by atoms with van der Waals surface area (Å²) in [5.74, 6) is -2.35. The molecule has 0 aliphatic carbocycles. The van der Waals surface area contributed by atoms with Crippen LogP contribution < -0.4 is 0 Å². The topological polar surface area (TPSA) is 71.1 Å². The molecule has 0 aromatic rings. The van der Waals surface area contributed by atoms with E-state index < -0.39 is 26.0 Å². The summed E-state index contributed by atoms with van der Waals surface area (Å²) in [5, 5.41) is 0.0520. The lowest BCUT2D eigenvalue weighted by Gasteiger charge is -2.53. The molecule has 2 aliphatic rings. The Labute approximate surface area is 182 Å². The predicted octanol–water partition coefficient (Wildman–Crippen LogP) is 4.84. The van der Waals surface area contributed by atoms with E-state index in [4.69, 9.17) is 18.6 Å². The van der Waals surface area contributed by atoms with Gasteiger partial charge in [0.15, 0.2) is 14.1 Å². The van der Waals surface area contributed by atoms with Crippen molar-refractivity contribution in [3.63, 3.8) is 0 Å². The van der Waals surface area contributed by atoms with Crippen LogP contribution in [-0.2, 0) is 28.2 Å². The number of ether oxygens (including phenoxy) is 3. The van der Waals surface area contributed by atoms with E-state index in [0.29, 0.717) is 6.42 Å². The Morgan fingerprint density at radius 1 is 1.30 bits per heavy atom. The zero-order valence-electron chi connectivity index (χ0n) is 20.3. The van der Waals surface area contributed by atoms with Gasteiger partial charge in [-0.15, -0.1) is 0 Å². The van der Waals surface area contributed by atoms with E-state index in [1.54, 1.807) is 13.8 Å². The zero-order chi connectivity index (χ0) is 23.1. The van der Waals surface area contributed by atoms with E-state index in [1.807, 2.05) is 0 Å². The molecule has 5 atom stereocenters. The van der Waals surface area contributed by atoms with Gasteiger partial charge in [0, 0.05) is 18.4 Å². The highest BCUT2D eigenvalue weighted by molar-refractivity contribution is 6.74. The Kier molecular flexibility index (Phi) is 7.31. The summed E-state index contributed by atoms with van der Waals surface area (Å²) in [6, 6.07) is 0. The lowest BCUT2D eigenvalue weighted by molar-refractivity contribution is -0.318. The Bertz CT molecular complexity index is 692. The molecular formula is C23H40O6Si. The van der Waals surface area contributed by atoms with Gasteiger partial charge in [0.1, 0.15) is 0 Å².